The number of hydrogen-bond acceptors (Lipinski definition) is 14. The van der Waals surface area contributed by atoms with Crippen molar-refractivity contribution < 1.29 is 57.2 Å². The van der Waals surface area contributed by atoms with Crippen LogP contribution < -0.4 is 9.47 Å². The van der Waals surface area contributed by atoms with Crippen LogP contribution in [0.1, 0.15) is 117 Å². The smallest absolute Gasteiger partial charge is 0.338 e. The van der Waals surface area contributed by atoms with Crippen molar-refractivity contribution in [3.63, 3.8) is 0 Å². The zero-order chi connectivity index (χ0) is 43.2. The van der Waals surface area contributed by atoms with Crippen molar-refractivity contribution >= 4 is 59.3 Å². The lowest BCUT2D eigenvalue weighted by Crippen LogP contribution is -2.33. The average molecular weight is 868 g/mol. The molecular formula is C45H57NO12S2. The van der Waals surface area contributed by atoms with Crippen LogP contribution in [0.4, 0.5) is 0 Å². The van der Waals surface area contributed by atoms with E-state index in [4.69, 9.17) is 35.0 Å². The minimum absolute atomic E-state index is 0.0250. The largest absolute Gasteiger partial charge is 0.471 e. The van der Waals surface area contributed by atoms with Crippen LogP contribution >= 0.6 is 23.5 Å². The third kappa shape index (κ3) is 13.1. The molecule has 0 bridgehead atoms. The Bertz CT molecular complexity index is 1810. The lowest BCUT2D eigenvalue weighted by Gasteiger charge is -2.30. The molecule has 0 saturated heterocycles. The van der Waals surface area contributed by atoms with Gasteiger partial charge in [-0.1, -0.05) is 57.3 Å². The first-order valence-electron chi connectivity index (χ1n) is 21.3. The van der Waals surface area contributed by atoms with Gasteiger partial charge < -0.3 is 28.4 Å². The summed E-state index contributed by atoms with van der Waals surface area (Å²) in [6.07, 6.45) is 10.3. The average Bonchev–Trinajstić information content (AvgIpc) is 3.70. The van der Waals surface area contributed by atoms with Gasteiger partial charge in [0.15, 0.2) is 0 Å². The third-order valence-corrected chi connectivity index (χ3v) is 14.3. The number of carbonyl (C=O) groups excluding carboxylic acids is 6. The zero-order valence-electron chi connectivity index (χ0n) is 34.9. The molecule has 0 unspecified atom stereocenters. The maximum atomic E-state index is 13.6. The number of esters is 6. The second-order valence-corrected chi connectivity index (χ2v) is 18.6. The molecule has 1 aromatic rings. The maximum absolute atomic E-state index is 13.6. The van der Waals surface area contributed by atoms with Gasteiger partial charge in [-0.25, -0.2) is 9.64 Å². The molecule has 15 heteroatoms. The first kappa shape index (κ1) is 46.8. The number of unbranched alkanes of at least 4 members (excludes halogenated alkanes) is 1. The second kappa shape index (κ2) is 23.1. The van der Waals surface area contributed by atoms with E-state index in [0.717, 1.165) is 61.7 Å². The van der Waals surface area contributed by atoms with Gasteiger partial charge in [0.1, 0.15) is 17.6 Å². The molecule has 1 heterocycles. The first-order chi connectivity index (χ1) is 28.9. The van der Waals surface area contributed by atoms with Crippen molar-refractivity contribution in [1.82, 2.24) is 0 Å². The molecule has 326 valence electrons. The fraction of sp³-hybridized carbons (Fsp3) is 0.622. The van der Waals surface area contributed by atoms with Gasteiger partial charge in [-0.3, -0.25) is 24.0 Å². The fourth-order valence-electron chi connectivity index (χ4n) is 7.70. The zero-order valence-corrected chi connectivity index (χ0v) is 36.5. The Hall–Kier alpha value is -4.29. The van der Waals surface area contributed by atoms with E-state index in [9.17, 15) is 28.8 Å². The Balaban J connectivity index is 1.12. The summed E-state index contributed by atoms with van der Waals surface area (Å²) in [6.45, 7) is 17.8. The number of thioether (sulfide) groups is 2. The van der Waals surface area contributed by atoms with E-state index < -0.39 is 23.8 Å². The normalized spacial score (nSPS) is 25.0. The van der Waals surface area contributed by atoms with Crippen LogP contribution in [0.2, 0.25) is 0 Å². The second-order valence-electron chi connectivity index (χ2n) is 16.3. The molecule has 60 heavy (non-hydrogen) atoms. The van der Waals surface area contributed by atoms with Crippen molar-refractivity contribution in [3.05, 3.63) is 46.1 Å². The predicted molar refractivity (Wildman–Crippen MR) is 223 cm³/mol. The van der Waals surface area contributed by atoms with Gasteiger partial charge in [0, 0.05) is 6.08 Å². The monoisotopic (exact) mass is 867 g/mol. The highest BCUT2D eigenvalue weighted by Gasteiger charge is 2.37. The SMILES string of the molecule is [C-]#[N+]C(C(=O)OCCCC)=C1Sc2c(OC(=O)C3CCC(C)CC3)ccc(OC(=O)C3CCC(OC(=O)C4CCC(C(=O)OC[C@H](C)CCOC(=O)C=C)CC4)CC3)c2S1. The summed E-state index contributed by atoms with van der Waals surface area (Å²) >= 11 is 2.25. The fourth-order valence-corrected chi connectivity index (χ4v) is 10.2. The van der Waals surface area contributed by atoms with Crippen molar-refractivity contribution in [2.45, 2.75) is 133 Å². The van der Waals surface area contributed by atoms with E-state index in [1.165, 1.54) is 0 Å². The van der Waals surface area contributed by atoms with Crippen LogP contribution in [0.5, 0.6) is 11.5 Å². The summed E-state index contributed by atoms with van der Waals surface area (Å²) in [4.78, 5) is 81.3. The molecule has 4 aliphatic rings. The summed E-state index contributed by atoms with van der Waals surface area (Å²) in [6, 6.07) is 3.19. The summed E-state index contributed by atoms with van der Waals surface area (Å²) < 4.78 is 34.0. The van der Waals surface area contributed by atoms with Gasteiger partial charge in [-0.2, -0.15) is 0 Å². The Morgan fingerprint density at radius 1 is 0.750 bits per heavy atom. The lowest BCUT2D eigenvalue weighted by atomic mass is 9.82. The Morgan fingerprint density at radius 2 is 1.27 bits per heavy atom. The third-order valence-electron chi connectivity index (χ3n) is 11.6. The molecule has 1 aliphatic heterocycles. The van der Waals surface area contributed by atoms with Gasteiger partial charge in [0.05, 0.1) is 64.1 Å². The first-order valence-corrected chi connectivity index (χ1v) is 22.9. The van der Waals surface area contributed by atoms with E-state index in [2.05, 4.69) is 18.3 Å². The lowest BCUT2D eigenvalue weighted by molar-refractivity contribution is -0.161. The molecule has 13 nitrogen and oxygen atoms in total. The molecule has 0 amide bonds. The molecule has 5 rings (SSSR count). The van der Waals surface area contributed by atoms with Crippen LogP contribution in [0.15, 0.2) is 44.5 Å². The van der Waals surface area contributed by atoms with Gasteiger partial charge in [0.25, 0.3) is 5.70 Å². The predicted octanol–water partition coefficient (Wildman–Crippen LogP) is 9.16. The van der Waals surface area contributed by atoms with E-state index in [0.29, 0.717) is 84.2 Å². The number of fused-ring (bicyclic) bond motifs is 1. The van der Waals surface area contributed by atoms with Crippen molar-refractivity contribution in [1.29, 1.82) is 0 Å². The Morgan fingerprint density at radius 3 is 1.80 bits per heavy atom. The highest BCUT2D eigenvalue weighted by molar-refractivity contribution is 8.24. The number of nitrogens with zero attached hydrogens (tertiary/aromatic N) is 1. The van der Waals surface area contributed by atoms with Crippen LogP contribution in [0.25, 0.3) is 4.85 Å². The minimum Gasteiger partial charge on any atom is -0.471 e. The molecule has 0 N–H and O–H groups in total. The number of hydrogen-bond donors (Lipinski definition) is 0. The van der Waals surface area contributed by atoms with E-state index in [1.54, 1.807) is 12.1 Å². The molecule has 0 aromatic heterocycles. The van der Waals surface area contributed by atoms with Crippen LogP contribution in [-0.2, 0) is 47.7 Å². The summed E-state index contributed by atoms with van der Waals surface area (Å²) in [5.41, 5.74) is -0.180. The van der Waals surface area contributed by atoms with E-state index >= 15 is 0 Å². The Labute approximate surface area is 361 Å². The number of ether oxygens (including phenoxy) is 6. The highest BCUT2D eigenvalue weighted by Crippen LogP contribution is 2.59. The van der Waals surface area contributed by atoms with E-state index in [-0.39, 0.29) is 84.7 Å². The number of benzene rings is 1. The number of carbonyl (C=O) groups is 6. The van der Waals surface area contributed by atoms with Crippen LogP contribution in [0, 0.1) is 42.1 Å². The molecule has 3 fully saturated rings. The van der Waals surface area contributed by atoms with Crippen molar-refractivity contribution in [2.24, 2.45) is 35.5 Å². The van der Waals surface area contributed by atoms with Crippen LogP contribution in [0.3, 0.4) is 0 Å². The Kier molecular flexibility index (Phi) is 18.0. The number of rotatable bonds is 17. The molecule has 0 radical (unpaired) electrons. The topological polar surface area (TPSA) is 162 Å². The van der Waals surface area contributed by atoms with Crippen molar-refractivity contribution in [3.8, 4) is 11.5 Å². The standard InChI is InChI=1S/C45H57NO12S2/c1-6-8-24-54-44(52)37(46-5)45-59-38-34(57-42(50)30-11-9-27(3)10-12-30)21-22-35(39(38)60-45)58-43(51)32-17-19-33(20-18-32)56-41(49)31-15-13-29(14-16-31)40(48)55-26-28(4)23-25-53-36(47)7-2/h7,21-22,27-33H,2,6,8-20,23-26H2,1,3-4H3/t27?,28-,29?,30?,31?,32?,33?/m1/s1. The minimum atomic E-state index is -0.732. The van der Waals surface area contributed by atoms with Crippen molar-refractivity contribution in [2.75, 3.05) is 19.8 Å². The van der Waals surface area contributed by atoms with Gasteiger partial charge >= 0.3 is 35.8 Å². The molecule has 1 aromatic carbocycles. The van der Waals surface area contributed by atoms with Gasteiger partial charge in [-0.05, 0) is 114 Å². The quantitative estimate of drug-likeness (QED) is 0.0364. The maximum Gasteiger partial charge on any atom is 0.338 e. The molecule has 3 aliphatic carbocycles. The highest BCUT2D eigenvalue weighted by atomic mass is 32.2. The van der Waals surface area contributed by atoms with Crippen LogP contribution in [-0.4, -0.2) is 61.7 Å². The summed E-state index contributed by atoms with van der Waals surface area (Å²) in [7, 11) is 0. The molecule has 1 atom stereocenters. The molecular weight excluding hydrogens is 811 g/mol. The van der Waals surface area contributed by atoms with E-state index in [1.807, 2.05) is 13.8 Å². The summed E-state index contributed by atoms with van der Waals surface area (Å²) in [5, 5.41) is 0. The van der Waals surface area contributed by atoms with Gasteiger partial charge in [-0.15, -0.1) is 0 Å². The summed E-state index contributed by atoms with van der Waals surface area (Å²) in [5.74, 6) is -2.66. The molecule has 0 spiro atoms. The molecule has 3 saturated carbocycles. The van der Waals surface area contributed by atoms with Gasteiger partial charge in [0.2, 0.25) is 0 Å².